The highest BCUT2D eigenvalue weighted by atomic mass is 16.1. The normalized spacial score (nSPS) is 10.4. The van der Waals surface area contributed by atoms with E-state index in [0.717, 1.165) is 16.8 Å². The van der Waals surface area contributed by atoms with Gasteiger partial charge in [0.15, 0.2) is 0 Å². The number of carbonyl (C=O) groups is 1. The van der Waals surface area contributed by atoms with Gasteiger partial charge in [-0.2, -0.15) is 0 Å². The van der Waals surface area contributed by atoms with Crippen molar-refractivity contribution in [2.45, 2.75) is 20.4 Å². The smallest absolute Gasteiger partial charge is 0.253 e. The summed E-state index contributed by atoms with van der Waals surface area (Å²) in [6.07, 6.45) is 1.63. The number of aromatic nitrogens is 1. The van der Waals surface area contributed by atoms with Crippen LogP contribution in [-0.2, 0) is 6.54 Å². The number of aryl methyl sites for hydroxylation is 2. The predicted octanol–water partition coefficient (Wildman–Crippen LogP) is 4.30. The third-order valence-corrected chi connectivity index (χ3v) is 4.07. The molecule has 2 aromatic carbocycles. The summed E-state index contributed by atoms with van der Waals surface area (Å²) in [4.78, 5) is 16.7. The van der Waals surface area contributed by atoms with Gasteiger partial charge >= 0.3 is 0 Å². The van der Waals surface area contributed by atoms with Crippen LogP contribution in [0.5, 0.6) is 0 Å². The fourth-order valence-corrected chi connectivity index (χ4v) is 2.51. The molecule has 0 fully saturated rings. The van der Waals surface area contributed by atoms with Crippen molar-refractivity contribution in [1.29, 1.82) is 0 Å². The Labute approximate surface area is 142 Å². The standard InChI is InChI=1S/C21H20N2O/c1-15-7-9-17(10-8-15)20-12-11-19(14-22-20)21(24)23-13-18-6-4-3-5-16(18)2/h3-12,14H,13H2,1-2H3,(H,23,24). The number of benzene rings is 2. The molecule has 0 saturated heterocycles. The lowest BCUT2D eigenvalue weighted by molar-refractivity contribution is 0.0950. The molecule has 1 heterocycles. The van der Waals surface area contributed by atoms with Gasteiger partial charge in [-0.3, -0.25) is 9.78 Å². The molecule has 0 unspecified atom stereocenters. The molecular formula is C21H20N2O. The van der Waals surface area contributed by atoms with Crippen molar-refractivity contribution in [3.05, 3.63) is 89.1 Å². The van der Waals surface area contributed by atoms with E-state index in [2.05, 4.69) is 29.4 Å². The van der Waals surface area contributed by atoms with E-state index >= 15 is 0 Å². The first-order valence-corrected chi connectivity index (χ1v) is 7.99. The van der Waals surface area contributed by atoms with Gasteiger partial charge in [-0.1, -0.05) is 54.1 Å². The van der Waals surface area contributed by atoms with Crippen LogP contribution in [0.3, 0.4) is 0 Å². The minimum Gasteiger partial charge on any atom is -0.348 e. The molecule has 1 N–H and O–H groups in total. The molecule has 3 aromatic rings. The van der Waals surface area contributed by atoms with Gasteiger partial charge in [0.25, 0.3) is 5.91 Å². The van der Waals surface area contributed by atoms with E-state index < -0.39 is 0 Å². The maximum atomic E-state index is 12.3. The SMILES string of the molecule is Cc1ccc(-c2ccc(C(=O)NCc3ccccc3C)cn2)cc1. The number of pyridine rings is 1. The Kier molecular flexibility index (Phi) is 4.71. The maximum Gasteiger partial charge on any atom is 0.253 e. The van der Waals surface area contributed by atoms with Gasteiger partial charge in [0, 0.05) is 18.3 Å². The van der Waals surface area contributed by atoms with Crippen LogP contribution in [0.1, 0.15) is 27.0 Å². The average molecular weight is 316 g/mol. The van der Waals surface area contributed by atoms with E-state index in [1.165, 1.54) is 11.1 Å². The summed E-state index contributed by atoms with van der Waals surface area (Å²) in [5.74, 6) is -0.110. The molecule has 0 atom stereocenters. The molecular weight excluding hydrogens is 296 g/mol. The number of hydrogen-bond acceptors (Lipinski definition) is 2. The van der Waals surface area contributed by atoms with Gasteiger partial charge in [0.05, 0.1) is 11.3 Å². The Morgan fingerprint density at radius 1 is 0.958 bits per heavy atom. The van der Waals surface area contributed by atoms with E-state index in [9.17, 15) is 4.79 Å². The molecule has 0 aliphatic carbocycles. The Balaban J connectivity index is 1.68. The van der Waals surface area contributed by atoms with Crippen molar-refractivity contribution in [2.75, 3.05) is 0 Å². The van der Waals surface area contributed by atoms with E-state index in [-0.39, 0.29) is 5.91 Å². The van der Waals surface area contributed by atoms with Crippen LogP contribution in [0.15, 0.2) is 66.9 Å². The molecule has 0 aliphatic heterocycles. The summed E-state index contributed by atoms with van der Waals surface area (Å²) in [6, 6.07) is 19.9. The quantitative estimate of drug-likeness (QED) is 0.780. The number of nitrogens with zero attached hydrogens (tertiary/aromatic N) is 1. The van der Waals surface area contributed by atoms with Crippen molar-refractivity contribution >= 4 is 5.91 Å². The first-order chi connectivity index (χ1) is 11.6. The molecule has 3 rings (SSSR count). The van der Waals surface area contributed by atoms with Crippen LogP contribution in [0.2, 0.25) is 0 Å². The fourth-order valence-electron chi connectivity index (χ4n) is 2.51. The second-order valence-corrected chi connectivity index (χ2v) is 5.91. The first kappa shape index (κ1) is 15.9. The highest BCUT2D eigenvalue weighted by Gasteiger charge is 2.07. The Hall–Kier alpha value is -2.94. The van der Waals surface area contributed by atoms with Gasteiger partial charge < -0.3 is 5.32 Å². The number of amides is 1. The average Bonchev–Trinajstić information content (AvgIpc) is 2.62. The zero-order valence-electron chi connectivity index (χ0n) is 13.9. The van der Waals surface area contributed by atoms with Crippen LogP contribution < -0.4 is 5.32 Å². The van der Waals surface area contributed by atoms with Crippen LogP contribution in [0.25, 0.3) is 11.3 Å². The van der Waals surface area contributed by atoms with Gasteiger partial charge in [-0.15, -0.1) is 0 Å². The minimum absolute atomic E-state index is 0.110. The van der Waals surface area contributed by atoms with Crippen molar-refractivity contribution in [1.82, 2.24) is 10.3 Å². The molecule has 3 heteroatoms. The third kappa shape index (κ3) is 3.69. The van der Waals surface area contributed by atoms with Gasteiger partial charge in [-0.05, 0) is 37.1 Å². The van der Waals surface area contributed by atoms with Crippen molar-refractivity contribution < 1.29 is 4.79 Å². The second-order valence-electron chi connectivity index (χ2n) is 5.91. The van der Waals surface area contributed by atoms with Gasteiger partial charge in [0.1, 0.15) is 0 Å². The summed E-state index contributed by atoms with van der Waals surface area (Å²) in [5.41, 5.74) is 5.99. The topological polar surface area (TPSA) is 42.0 Å². The predicted molar refractivity (Wildman–Crippen MR) is 96.8 cm³/mol. The second kappa shape index (κ2) is 7.09. The molecule has 24 heavy (non-hydrogen) atoms. The molecule has 1 aromatic heterocycles. The minimum atomic E-state index is -0.110. The van der Waals surface area contributed by atoms with Gasteiger partial charge in [-0.25, -0.2) is 0 Å². The van der Waals surface area contributed by atoms with E-state index in [0.29, 0.717) is 12.1 Å². The zero-order chi connectivity index (χ0) is 16.9. The summed E-state index contributed by atoms with van der Waals surface area (Å²) in [5, 5.41) is 2.94. The fraction of sp³-hybridized carbons (Fsp3) is 0.143. The van der Waals surface area contributed by atoms with E-state index in [1.807, 2.05) is 55.5 Å². The van der Waals surface area contributed by atoms with E-state index in [4.69, 9.17) is 0 Å². The van der Waals surface area contributed by atoms with Crippen LogP contribution >= 0.6 is 0 Å². The first-order valence-electron chi connectivity index (χ1n) is 7.99. The van der Waals surface area contributed by atoms with Crippen molar-refractivity contribution in [3.63, 3.8) is 0 Å². The lowest BCUT2D eigenvalue weighted by Crippen LogP contribution is -2.23. The number of hydrogen-bond donors (Lipinski definition) is 1. The van der Waals surface area contributed by atoms with Crippen LogP contribution in [0, 0.1) is 13.8 Å². The van der Waals surface area contributed by atoms with Crippen LogP contribution in [0.4, 0.5) is 0 Å². The lowest BCUT2D eigenvalue weighted by atomic mass is 10.1. The molecule has 120 valence electrons. The summed E-state index contributed by atoms with van der Waals surface area (Å²) >= 11 is 0. The Morgan fingerprint density at radius 3 is 2.38 bits per heavy atom. The molecule has 3 nitrogen and oxygen atoms in total. The summed E-state index contributed by atoms with van der Waals surface area (Å²) in [7, 11) is 0. The zero-order valence-corrected chi connectivity index (χ0v) is 13.9. The van der Waals surface area contributed by atoms with Crippen molar-refractivity contribution in [3.8, 4) is 11.3 Å². The van der Waals surface area contributed by atoms with Crippen molar-refractivity contribution in [2.24, 2.45) is 0 Å². The molecule has 0 bridgehead atoms. The molecule has 1 amide bonds. The number of rotatable bonds is 4. The molecule has 0 spiro atoms. The number of carbonyl (C=O) groups excluding carboxylic acids is 1. The van der Waals surface area contributed by atoms with E-state index in [1.54, 1.807) is 6.20 Å². The van der Waals surface area contributed by atoms with Crippen LogP contribution in [-0.4, -0.2) is 10.9 Å². The summed E-state index contributed by atoms with van der Waals surface area (Å²) < 4.78 is 0. The molecule has 0 aliphatic rings. The summed E-state index contributed by atoms with van der Waals surface area (Å²) in [6.45, 7) is 4.61. The third-order valence-electron chi connectivity index (χ3n) is 4.07. The largest absolute Gasteiger partial charge is 0.348 e. The maximum absolute atomic E-state index is 12.3. The number of nitrogens with one attached hydrogen (secondary N) is 1. The molecule has 0 saturated carbocycles. The monoisotopic (exact) mass is 316 g/mol. The Bertz CT molecular complexity index is 836. The molecule has 0 radical (unpaired) electrons. The Morgan fingerprint density at radius 2 is 1.71 bits per heavy atom. The lowest BCUT2D eigenvalue weighted by Gasteiger charge is -2.08. The highest BCUT2D eigenvalue weighted by molar-refractivity contribution is 5.94. The highest BCUT2D eigenvalue weighted by Crippen LogP contribution is 2.17. The van der Waals surface area contributed by atoms with Gasteiger partial charge in [0.2, 0.25) is 0 Å².